The molecular weight excluding hydrogens is 468 g/mol. The van der Waals surface area contributed by atoms with Crippen molar-refractivity contribution in [3.05, 3.63) is 34.6 Å². The summed E-state index contributed by atoms with van der Waals surface area (Å²) in [5.74, 6) is 1.98. The number of nitrogens with zero attached hydrogens (tertiary/aromatic N) is 1. The van der Waals surface area contributed by atoms with Crippen molar-refractivity contribution in [1.82, 2.24) is 5.32 Å². The number of aliphatic imine (C=N–C) groups is 1. The van der Waals surface area contributed by atoms with Gasteiger partial charge in [0, 0.05) is 10.2 Å². The minimum atomic E-state index is -3.72. The number of nitrogens with one attached hydrogen (secondary N) is 2. The molecule has 0 bridgehead atoms. The molecule has 1 aliphatic rings. The number of aliphatic hydroxyl groups excluding tert-OH is 1. The van der Waals surface area contributed by atoms with Crippen LogP contribution >= 0.6 is 15.9 Å². The molecule has 2 rings (SSSR count). The molecule has 9 heteroatoms. The van der Waals surface area contributed by atoms with Crippen LogP contribution in [0.5, 0.6) is 0 Å². The van der Waals surface area contributed by atoms with Crippen LogP contribution in [0.25, 0.3) is 0 Å². The summed E-state index contributed by atoms with van der Waals surface area (Å²) in [5.41, 5.74) is 0.705. The third-order valence-electron chi connectivity index (χ3n) is 5.26. The standard InChI is InChI=1S/C21H33BrN4O3S/c1-3-20(22)21(26-18(14-27)13-16-7-5-4-6-8-16)25-15(2)24-17-9-11-19(12-10-17)30(23,28)29/h9-12,16,18,26-27H,3-8,13-14H2,1-2H3,(H,24,25)(H2,23,28,29)/b21-20-. The highest BCUT2D eigenvalue weighted by atomic mass is 79.9. The molecule has 1 fully saturated rings. The monoisotopic (exact) mass is 500 g/mol. The first-order chi connectivity index (χ1) is 14.2. The van der Waals surface area contributed by atoms with Crippen molar-refractivity contribution in [2.24, 2.45) is 16.0 Å². The molecule has 1 unspecified atom stereocenters. The summed E-state index contributed by atoms with van der Waals surface area (Å²) < 4.78 is 23.7. The highest BCUT2D eigenvalue weighted by Crippen LogP contribution is 2.28. The van der Waals surface area contributed by atoms with Crippen LogP contribution in [0.1, 0.15) is 58.8 Å². The van der Waals surface area contributed by atoms with Gasteiger partial charge in [-0.2, -0.15) is 0 Å². The Kier molecular flexibility index (Phi) is 9.80. The predicted octanol–water partition coefficient (Wildman–Crippen LogP) is 4.06. The zero-order chi connectivity index (χ0) is 22.1. The van der Waals surface area contributed by atoms with Crippen LogP contribution in [-0.4, -0.2) is 32.0 Å². The molecule has 0 radical (unpaired) electrons. The summed E-state index contributed by atoms with van der Waals surface area (Å²) in [6.45, 7) is 3.92. The number of rotatable bonds is 9. The number of nitrogens with two attached hydrogens (primary N) is 1. The van der Waals surface area contributed by atoms with E-state index in [1.54, 1.807) is 12.1 Å². The minimum absolute atomic E-state index is 0.0483. The Morgan fingerprint density at radius 3 is 2.43 bits per heavy atom. The number of aliphatic hydroxyl groups is 1. The van der Waals surface area contributed by atoms with E-state index in [2.05, 4.69) is 31.6 Å². The van der Waals surface area contributed by atoms with E-state index in [9.17, 15) is 13.5 Å². The number of allylic oxidation sites excluding steroid dienone is 1. The van der Waals surface area contributed by atoms with Gasteiger partial charge in [-0.15, -0.1) is 0 Å². The van der Waals surface area contributed by atoms with Crippen LogP contribution in [-0.2, 0) is 10.0 Å². The van der Waals surface area contributed by atoms with Gasteiger partial charge in [-0.25, -0.2) is 18.5 Å². The maximum atomic E-state index is 11.4. The number of halogens is 1. The highest BCUT2D eigenvalue weighted by Gasteiger charge is 2.20. The maximum Gasteiger partial charge on any atom is 0.238 e. The van der Waals surface area contributed by atoms with Crippen LogP contribution in [0.3, 0.4) is 0 Å². The topological polar surface area (TPSA) is 117 Å². The van der Waals surface area contributed by atoms with Crippen LogP contribution < -0.4 is 15.8 Å². The summed E-state index contributed by atoms with van der Waals surface area (Å²) in [4.78, 5) is 4.73. The van der Waals surface area contributed by atoms with Gasteiger partial charge in [0.05, 0.1) is 17.5 Å². The number of benzene rings is 1. The van der Waals surface area contributed by atoms with E-state index in [0.29, 0.717) is 23.3 Å². The third kappa shape index (κ3) is 8.02. The molecule has 0 spiro atoms. The Morgan fingerprint density at radius 2 is 1.90 bits per heavy atom. The predicted molar refractivity (Wildman–Crippen MR) is 126 cm³/mol. The van der Waals surface area contributed by atoms with Gasteiger partial charge in [0.25, 0.3) is 0 Å². The Bertz CT molecular complexity index is 848. The van der Waals surface area contributed by atoms with E-state index < -0.39 is 10.0 Å². The summed E-state index contributed by atoms with van der Waals surface area (Å²) in [7, 11) is -3.72. The van der Waals surface area contributed by atoms with E-state index >= 15 is 0 Å². The number of anilines is 1. The normalized spacial score (nSPS) is 18.0. The summed E-state index contributed by atoms with van der Waals surface area (Å²) in [6.07, 6.45) is 8.01. The van der Waals surface area contributed by atoms with E-state index in [0.717, 1.165) is 17.3 Å². The second-order valence-electron chi connectivity index (χ2n) is 7.76. The summed E-state index contributed by atoms with van der Waals surface area (Å²) in [5, 5.41) is 21.6. The molecule has 0 amide bonds. The van der Waals surface area contributed by atoms with Crippen molar-refractivity contribution in [3.63, 3.8) is 0 Å². The first kappa shape index (κ1) is 24.8. The van der Waals surface area contributed by atoms with Gasteiger partial charge < -0.3 is 15.7 Å². The van der Waals surface area contributed by atoms with Crippen molar-refractivity contribution in [2.75, 3.05) is 11.9 Å². The van der Waals surface area contributed by atoms with Crippen molar-refractivity contribution in [2.45, 2.75) is 69.7 Å². The van der Waals surface area contributed by atoms with Gasteiger partial charge in [0.2, 0.25) is 10.0 Å². The molecule has 168 valence electrons. The largest absolute Gasteiger partial charge is 0.394 e. The van der Waals surface area contributed by atoms with Crippen LogP contribution in [0.15, 0.2) is 44.5 Å². The number of hydrogen-bond donors (Lipinski definition) is 4. The molecule has 0 aromatic heterocycles. The minimum Gasteiger partial charge on any atom is -0.394 e. The first-order valence-corrected chi connectivity index (χ1v) is 12.8. The Labute approximate surface area is 188 Å². The molecule has 0 heterocycles. The fraction of sp³-hybridized carbons (Fsp3) is 0.571. The van der Waals surface area contributed by atoms with Gasteiger partial charge >= 0.3 is 0 Å². The fourth-order valence-corrected chi connectivity index (χ4v) is 4.39. The third-order valence-corrected chi connectivity index (χ3v) is 7.12. The molecular formula is C21H33BrN4O3S. The zero-order valence-corrected chi connectivity index (χ0v) is 20.1. The first-order valence-electron chi connectivity index (χ1n) is 10.4. The molecule has 1 saturated carbocycles. The van der Waals surface area contributed by atoms with Gasteiger partial charge in [0.15, 0.2) is 0 Å². The lowest BCUT2D eigenvalue weighted by molar-refractivity contribution is 0.211. The molecule has 5 N–H and O–H groups in total. The Hall–Kier alpha value is -1.42. The number of sulfonamides is 1. The molecule has 1 aromatic carbocycles. The van der Waals surface area contributed by atoms with Gasteiger partial charge in [0.1, 0.15) is 11.7 Å². The number of hydrogen-bond acceptors (Lipinski definition) is 5. The Morgan fingerprint density at radius 1 is 1.27 bits per heavy atom. The second-order valence-corrected chi connectivity index (χ2v) is 10.3. The molecule has 7 nitrogen and oxygen atoms in total. The van der Waals surface area contributed by atoms with Crippen LogP contribution in [0.4, 0.5) is 5.69 Å². The van der Waals surface area contributed by atoms with Gasteiger partial charge in [-0.3, -0.25) is 0 Å². The molecule has 1 atom stereocenters. The van der Waals surface area contributed by atoms with Gasteiger partial charge in [-0.05, 0) is 49.9 Å². The smallest absolute Gasteiger partial charge is 0.238 e. The lowest BCUT2D eigenvalue weighted by Gasteiger charge is -2.27. The zero-order valence-electron chi connectivity index (χ0n) is 17.7. The second kappa shape index (κ2) is 11.8. The van der Waals surface area contributed by atoms with Crippen molar-refractivity contribution < 1.29 is 13.5 Å². The fourth-order valence-electron chi connectivity index (χ4n) is 3.67. The lowest BCUT2D eigenvalue weighted by atomic mass is 9.85. The SMILES string of the molecule is CC/C(Br)=C(\N=C(/C)Nc1ccc(S(N)(=O)=O)cc1)NC(CO)CC1CCCCC1. The van der Waals surface area contributed by atoms with Gasteiger partial charge in [-0.1, -0.05) is 55.0 Å². The maximum absolute atomic E-state index is 11.4. The van der Waals surface area contributed by atoms with E-state index in [1.807, 2.05) is 13.8 Å². The van der Waals surface area contributed by atoms with Crippen molar-refractivity contribution >= 4 is 37.5 Å². The van der Waals surface area contributed by atoms with Crippen LogP contribution in [0.2, 0.25) is 0 Å². The number of primary sulfonamides is 1. The quantitative estimate of drug-likeness (QED) is 0.301. The average Bonchev–Trinajstić information content (AvgIpc) is 2.72. The summed E-state index contributed by atoms with van der Waals surface area (Å²) >= 11 is 3.59. The molecule has 30 heavy (non-hydrogen) atoms. The lowest BCUT2D eigenvalue weighted by Crippen LogP contribution is -2.34. The van der Waals surface area contributed by atoms with E-state index in [-0.39, 0.29) is 17.5 Å². The Balaban J connectivity index is 2.09. The highest BCUT2D eigenvalue weighted by molar-refractivity contribution is 9.11. The molecule has 0 aliphatic heterocycles. The summed E-state index contributed by atoms with van der Waals surface area (Å²) in [6, 6.07) is 6.14. The average molecular weight is 501 g/mol. The van der Waals surface area contributed by atoms with Crippen molar-refractivity contribution in [3.8, 4) is 0 Å². The molecule has 1 aromatic rings. The van der Waals surface area contributed by atoms with E-state index in [1.165, 1.54) is 44.2 Å². The number of amidine groups is 1. The van der Waals surface area contributed by atoms with Crippen molar-refractivity contribution in [1.29, 1.82) is 0 Å². The molecule has 1 aliphatic carbocycles. The molecule has 0 saturated heterocycles. The van der Waals surface area contributed by atoms with Crippen LogP contribution in [0, 0.1) is 5.92 Å². The van der Waals surface area contributed by atoms with E-state index in [4.69, 9.17) is 5.14 Å².